The van der Waals surface area contributed by atoms with Crippen LogP contribution in [0.1, 0.15) is 16.7 Å². The molecule has 1 aromatic heterocycles. The van der Waals surface area contributed by atoms with Gasteiger partial charge in [-0.15, -0.1) is 13.2 Å². The van der Waals surface area contributed by atoms with Crippen molar-refractivity contribution >= 4 is 17.5 Å². The SMILES string of the molecule is Cc1cc(C)c(Nc2cc(-c3cccc(OC(F)(F)F)c3)nc(NCCN(C)C)n2)c(C)c1. The third-order valence-corrected chi connectivity index (χ3v) is 4.86. The summed E-state index contributed by atoms with van der Waals surface area (Å²) in [6.45, 7) is 7.43. The maximum Gasteiger partial charge on any atom is 0.573 e. The number of nitrogens with one attached hydrogen (secondary N) is 2. The van der Waals surface area contributed by atoms with Gasteiger partial charge in [-0.1, -0.05) is 29.8 Å². The number of nitrogens with zero attached hydrogens (tertiary/aromatic N) is 3. The normalized spacial score (nSPS) is 11.5. The predicted octanol–water partition coefficient (Wildman–Crippen LogP) is 5.68. The van der Waals surface area contributed by atoms with E-state index in [-0.39, 0.29) is 5.75 Å². The standard InChI is InChI=1S/C24H28F3N5O/c1-15-11-16(2)22(17(3)12-15)30-21-14-20(29-23(31-21)28-9-10-32(4)5)18-7-6-8-19(13-18)33-24(25,26)27/h6-8,11-14H,9-10H2,1-5H3,(H2,28,29,30,31). The molecular weight excluding hydrogens is 431 g/mol. The largest absolute Gasteiger partial charge is 0.573 e. The molecule has 0 saturated carbocycles. The summed E-state index contributed by atoms with van der Waals surface area (Å²) in [5.74, 6) is 0.603. The highest BCUT2D eigenvalue weighted by Crippen LogP contribution is 2.30. The Kier molecular flexibility index (Phi) is 7.43. The second-order valence-corrected chi connectivity index (χ2v) is 8.17. The lowest BCUT2D eigenvalue weighted by Crippen LogP contribution is -2.21. The van der Waals surface area contributed by atoms with Crippen molar-refractivity contribution in [1.29, 1.82) is 0 Å². The van der Waals surface area contributed by atoms with E-state index >= 15 is 0 Å². The van der Waals surface area contributed by atoms with E-state index in [2.05, 4.69) is 37.5 Å². The summed E-state index contributed by atoms with van der Waals surface area (Å²) in [5, 5.41) is 6.55. The van der Waals surface area contributed by atoms with E-state index < -0.39 is 6.36 Å². The molecule has 0 aliphatic rings. The van der Waals surface area contributed by atoms with Crippen molar-refractivity contribution in [2.45, 2.75) is 27.1 Å². The van der Waals surface area contributed by atoms with Gasteiger partial charge in [0.05, 0.1) is 5.69 Å². The van der Waals surface area contributed by atoms with Crippen molar-refractivity contribution in [3.63, 3.8) is 0 Å². The van der Waals surface area contributed by atoms with E-state index in [1.165, 1.54) is 18.2 Å². The smallest absolute Gasteiger partial charge is 0.406 e. The van der Waals surface area contributed by atoms with Crippen LogP contribution >= 0.6 is 0 Å². The molecule has 3 aromatic rings. The second kappa shape index (κ2) is 10.1. The van der Waals surface area contributed by atoms with Crippen LogP contribution in [-0.4, -0.2) is 48.4 Å². The van der Waals surface area contributed by atoms with Gasteiger partial charge in [0.25, 0.3) is 0 Å². The minimum Gasteiger partial charge on any atom is -0.406 e. The highest BCUT2D eigenvalue weighted by atomic mass is 19.4. The fraction of sp³-hybridized carbons (Fsp3) is 0.333. The fourth-order valence-electron chi connectivity index (χ4n) is 3.49. The van der Waals surface area contributed by atoms with Crippen molar-refractivity contribution in [1.82, 2.24) is 14.9 Å². The molecule has 1 heterocycles. The van der Waals surface area contributed by atoms with Gasteiger partial charge in [-0.25, -0.2) is 4.98 Å². The van der Waals surface area contributed by atoms with E-state index in [0.717, 1.165) is 28.9 Å². The van der Waals surface area contributed by atoms with Crippen LogP contribution in [-0.2, 0) is 0 Å². The molecule has 0 spiro atoms. The van der Waals surface area contributed by atoms with Crippen molar-refractivity contribution in [2.24, 2.45) is 0 Å². The Labute approximate surface area is 191 Å². The molecule has 0 radical (unpaired) electrons. The highest BCUT2D eigenvalue weighted by Gasteiger charge is 2.31. The Morgan fingerprint density at radius 3 is 2.30 bits per heavy atom. The molecule has 33 heavy (non-hydrogen) atoms. The van der Waals surface area contributed by atoms with Gasteiger partial charge < -0.3 is 20.3 Å². The molecule has 0 fully saturated rings. The van der Waals surface area contributed by atoms with Crippen LogP contribution in [0.5, 0.6) is 5.75 Å². The zero-order valence-electron chi connectivity index (χ0n) is 19.3. The minimum atomic E-state index is -4.77. The number of hydrogen-bond donors (Lipinski definition) is 2. The molecule has 0 aliphatic heterocycles. The van der Waals surface area contributed by atoms with Crippen LogP contribution in [0.25, 0.3) is 11.3 Å². The summed E-state index contributed by atoms with van der Waals surface area (Å²) in [6.07, 6.45) is -4.77. The lowest BCUT2D eigenvalue weighted by molar-refractivity contribution is -0.274. The van der Waals surface area contributed by atoms with E-state index in [1.54, 1.807) is 12.1 Å². The molecule has 176 valence electrons. The quantitative estimate of drug-likeness (QED) is 0.452. The van der Waals surface area contributed by atoms with Crippen molar-refractivity contribution in [3.05, 3.63) is 59.2 Å². The number of likely N-dealkylation sites (N-methyl/N-ethyl adjacent to an activating group) is 1. The first-order valence-electron chi connectivity index (χ1n) is 10.5. The first-order valence-corrected chi connectivity index (χ1v) is 10.5. The molecule has 0 saturated heterocycles. The Morgan fingerprint density at radius 1 is 0.970 bits per heavy atom. The maximum atomic E-state index is 12.7. The minimum absolute atomic E-state index is 0.305. The Bertz CT molecular complexity index is 1090. The van der Waals surface area contributed by atoms with Crippen molar-refractivity contribution < 1.29 is 17.9 Å². The molecule has 6 nitrogen and oxygen atoms in total. The number of aromatic nitrogens is 2. The summed E-state index contributed by atoms with van der Waals surface area (Å²) >= 11 is 0. The van der Waals surface area contributed by atoms with Gasteiger partial charge in [0, 0.05) is 30.4 Å². The number of hydrogen-bond acceptors (Lipinski definition) is 6. The van der Waals surface area contributed by atoms with E-state index in [1.807, 2.05) is 39.8 Å². The number of halogens is 3. The van der Waals surface area contributed by atoms with Crippen LogP contribution < -0.4 is 15.4 Å². The average Bonchev–Trinajstić information content (AvgIpc) is 2.69. The topological polar surface area (TPSA) is 62.3 Å². The third kappa shape index (κ3) is 7.08. The van der Waals surface area contributed by atoms with Gasteiger partial charge >= 0.3 is 6.36 Å². The number of ether oxygens (including phenoxy) is 1. The van der Waals surface area contributed by atoms with Crippen LogP contribution in [0.2, 0.25) is 0 Å². The molecule has 0 aliphatic carbocycles. The lowest BCUT2D eigenvalue weighted by atomic mass is 10.1. The maximum absolute atomic E-state index is 12.7. The Hall–Kier alpha value is -3.33. The van der Waals surface area contributed by atoms with E-state index in [9.17, 15) is 13.2 Å². The second-order valence-electron chi connectivity index (χ2n) is 8.17. The fourth-order valence-corrected chi connectivity index (χ4v) is 3.49. The number of alkyl halides is 3. The molecule has 9 heteroatoms. The summed E-state index contributed by atoms with van der Waals surface area (Å²) < 4.78 is 42.1. The molecule has 0 atom stereocenters. The first kappa shape index (κ1) is 24.3. The summed E-state index contributed by atoms with van der Waals surface area (Å²) in [5.41, 5.74) is 5.17. The number of aryl methyl sites for hydroxylation is 3. The molecule has 2 aromatic carbocycles. The van der Waals surface area contributed by atoms with Gasteiger partial charge in [-0.05, 0) is 58.1 Å². The van der Waals surface area contributed by atoms with E-state index in [4.69, 9.17) is 0 Å². The zero-order chi connectivity index (χ0) is 24.2. The van der Waals surface area contributed by atoms with Crippen molar-refractivity contribution in [3.8, 4) is 17.0 Å². The van der Waals surface area contributed by atoms with Gasteiger partial charge in [-0.2, -0.15) is 4.98 Å². The van der Waals surface area contributed by atoms with Crippen LogP contribution in [0.4, 0.5) is 30.6 Å². The molecule has 0 unspecified atom stereocenters. The Balaban J connectivity index is 1.99. The Morgan fingerprint density at radius 2 is 1.67 bits per heavy atom. The molecular formula is C24H28F3N5O. The predicted molar refractivity (Wildman–Crippen MR) is 125 cm³/mol. The van der Waals surface area contributed by atoms with Gasteiger partial charge in [-0.3, -0.25) is 0 Å². The van der Waals surface area contributed by atoms with Gasteiger partial charge in [0.2, 0.25) is 5.95 Å². The number of rotatable bonds is 8. The van der Waals surface area contributed by atoms with E-state index in [0.29, 0.717) is 29.6 Å². The number of benzene rings is 2. The van der Waals surface area contributed by atoms with Gasteiger partial charge in [0.1, 0.15) is 11.6 Å². The third-order valence-electron chi connectivity index (χ3n) is 4.86. The summed E-state index contributed by atoms with van der Waals surface area (Å²) in [4.78, 5) is 11.1. The van der Waals surface area contributed by atoms with Crippen LogP contribution in [0.15, 0.2) is 42.5 Å². The summed E-state index contributed by atoms with van der Waals surface area (Å²) in [7, 11) is 3.92. The first-order chi connectivity index (χ1) is 15.5. The average molecular weight is 460 g/mol. The van der Waals surface area contributed by atoms with Crippen molar-refractivity contribution in [2.75, 3.05) is 37.8 Å². The molecule has 0 bridgehead atoms. The van der Waals surface area contributed by atoms with Gasteiger partial charge in [0.15, 0.2) is 0 Å². The molecule has 0 amide bonds. The zero-order valence-corrected chi connectivity index (χ0v) is 19.3. The number of anilines is 3. The monoisotopic (exact) mass is 459 g/mol. The summed E-state index contributed by atoms with van der Waals surface area (Å²) in [6, 6.07) is 11.6. The van der Waals surface area contributed by atoms with Crippen LogP contribution in [0, 0.1) is 20.8 Å². The molecule has 3 rings (SSSR count). The van der Waals surface area contributed by atoms with Crippen LogP contribution in [0.3, 0.4) is 0 Å². The molecule has 2 N–H and O–H groups in total. The highest BCUT2D eigenvalue weighted by molar-refractivity contribution is 5.71. The lowest BCUT2D eigenvalue weighted by Gasteiger charge is -2.16.